The van der Waals surface area contributed by atoms with Crippen molar-refractivity contribution in [2.75, 3.05) is 19.8 Å². The first-order valence-corrected chi connectivity index (χ1v) is 5.60. The average molecular weight is 183 g/mol. The summed E-state index contributed by atoms with van der Waals surface area (Å²) < 4.78 is 5.34. The van der Waals surface area contributed by atoms with E-state index in [-0.39, 0.29) is 0 Å². The van der Waals surface area contributed by atoms with Crippen molar-refractivity contribution >= 4 is 0 Å². The SMILES string of the molecule is CC1(CNC2CCOC2)CCCC1. The molecule has 0 amide bonds. The fourth-order valence-electron chi connectivity index (χ4n) is 2.49. The number of ether oxygens (including phenoxy) is 1. The maximum absolute atomic E-state index is 5.34. The lowest BCUT2D eigenvalue weighted by Crippen LogP contribution is -2.37. The Morgan fingerprint density at radius 3 is 2.77 bits per heavy atom. The molecule has 0 aromatic rings. The quantitative estimate of drug-likeness (QED) is 0.722. The van der Waals surface area contributed by atoms with Crippen LogP contribution in [0.15, 0.2) is 0 Å². The van der Waals surface area contributed by atoms with E-state index in [4.69, 9.17) is 4.74 Å². The van der Waals surface area contributed by atoms with Gasteiger partial charge in [0.2, 0.25) is 0 Å². The Morgan fingerprint density at radius 2 is 2.15 bits per heavy atom. The molecule has 1 N–H and O–H groups in total. The highest BCUT2D eigenvalue weighted by atomic mass is 16.5. The van der Waals surface area contributed by atoms with Gasteiger partial charge in [-0.25, -0.2) is 0 Å². The summed E-state index contributed by atoms with van der Waals surface area (Å²) in [5.41, 5.74) is 0.586. The van der Waals surface area contributed by atoms with Crippen LogP contribution in [0.5, 0.6) is 0 Å². The average Bonchev–Trinajstić information content (AvgIpc) is 2.72. The predicted octanol–water partition coefficient (Wildman–Crippen LogP) is 1.95. The zero-order chi connectivity index (χ0) is 9.15. The Morgan fingerprint density at radius 1 is 1.38 bits per heavy atom. The van der Waals surface area contributed by atoms with Crippen LogP contribution in [-0.2, 0) is 4.74 Å². The molecule has 76 valence electrons. The van der Waals surface area contributed by atoms with Crippen LogP contribution in [0.1, 0.15) is 39.0 Å². The van der Waals surface area contributed by atoms with E-state index in [1.807, 2.05) is 0 Å². The van der Waals surface area contributed by atoms with Gasteiger partial charge < -0.3 is 10.1 Å². The van der Waals surface area contributed by atoms with E-state index in [9.17, 15) is 0 Å². The Labute approximate surface area is 81.0 Å². The molecule has 2 rings (SSSR count). The van der Waals surface area contributed by atoms with Crippen LogP contribution < -0.4 is 5.32 Å². The molecule has 1 unspecified atom stereocenters. The van der Waals surface area contributed by atoms with Crippen molar-refractivity contribution in [3.05, 3.63) is 0 Å². The van der Waals surface area contributed by atoms with Crippen molar-refractivity contribution < 1.29 is 4.74 Å². The van der Waals surface area contributed by atoms with Gasteiger partial charge in [-0.1, -0.05) is 19.8 Å². The highest BCUT2D eigenvalue weighted by molar-refractivity contribution is 4.84. The van der Waals surface area contributed by atoms with E-state index < -0.39 is 0 Å². The number of hydrogen-bond donors (Lipinski definition) is 1. The molecular weight excluding hydrogens is 162 g/mol. The van der Waals surface area contributed by atoms with Gasteiger partial charge in [0.1, 0.15) is 0 Å². The van der Waals surface area contributed by atoms with Crippen LogP contribution >= 0.6 is 0 Å². The molecule has 0 bridgehead atoms. The Hall–Kier alpha value is -0.0800. The second kappa shape index (κ2) is 3.97. The summed E-state index contributed by atoms with van der Waals surface area (Å²) in [5.74, 6) is 0. The molecule has 2 aliphatic rings. The maximum Gasteiger partial charge on any atom is 0.0620 e. The second-order valence-electron chi connectivity index (χ2n) is 4.96. The monoisotopic (exact) mass is 183 g/mol. The third-order valence-electron chi connectivity index (χ3n) is 3.56. The van der Waals surface area contributed by atoms with Gasteiger partial charge in [0, 0.05) is 19.2 Å². The van der Waals surface area contributed by atoms with Gasteiger partial charge in [-0.2, -0.15) is 0 Å². The molecule has 0 aromatic heterocycles. The number of nitrogens with one attached hydrogen (secondary N) is 1. The van der Waals surface area contributed by atoms with Crippen molar-refractivity contribution in [1.82, 2.24) is 5.32 Å². The third kappa shape index (κ3) is 2.44. The summed E-state index contributed by atoms with van der Waals surface area (Å²) in [6, 6.07) is 0.637. The van der Waals surface area contributed by atoms with Gasteiger partial charge in [-0.05, 0) is 24.7 Å². The summed E-state index contributed by atoms with van der Waals surface area (Å²) in [7, 11) is 0. The molecule has 2 fully saturated rings. The van der Waals surface area contributed by atoms with Crippen LogP contribution in [0.4, 0.5) is 0 Å². The molecule has 0 radical (unpaired) electrons. The third-order valence-corrected chi connectivity index (χ3v) is 3.56. The molecule has 1 atom stereocenters. The lowest BCUT2D eigenvalue weighted by atomic mass is 9.88. The summed E-state index contributed by atoms with van der Waals surface area (Å²) in [6.07, 6.45) is 6.88. The molecule has 1 saturated carbocycles. The Kier molecular flexibility index (Phi) is 2.89. The first-order chi connectivity index (χ1) is 6.29. The Balaban J connectivity index is 1.71. The van der Waals surface area contributed by atoms with E-state index in [0.29, 0.717) is 11.5 Å². The van der Waals surface area contributed by atoms with Crippen molar-refractivity contribution in [2.24, 2.45) is 5.41 Å². The van der Waals surface area contributed by atoms with Crippen molar-refractivity contribution in [3.63, 3.8) is 0 Å². The van der Waals surface area contributed by atoms with Gasteiger partial charge in [0.05, 0.1) is 6.61 Å². The standard InChI is InChI=1S/C11H21NO/c1-11(5-2-3-6-11)9-12-10-4-7-13-8-10/h10,12H,2-9H2,1H3. The van der Waals surface area contributed by atoms with Gasteiger partial charge in [0.15, 0.2) is 0 Å². The van der Waals surface area contributed by atoms with Crippen LogP contribution in [0.3, 0.4) is 0 Å². The minimum atomic E-state index is 0.586. The van der Waals surface area contributed by atoms with E-state index >= 15 is 0 Å². The molecule has 0 aromatic carbocycles. The van der Waals surface area contributed by atoms with Crippen molar-refractivity contribution in [2.45, 2.75) is 45.1 Å². The van der Waals surface area contributed by atoms with E-state index in [2.05, 4.69) is 12.2 Å². The number of rotatable bonds is 3. The summed E-state index contributed by atoms with van der Waals surface area (Å²) in [6.45, 7) is 5.49. The Bertz CT molecular complexity index is 157. The number of hydrogen-bond acceptors (Lipinski definition) is 2. The van der Waals surface area contributed by atoms with E-state index in [1.54, 1.807) is 0 Å². The summed E-state index contributed by atoms with van der Waals surface area (Å²) >= 11 is 0. The van der Waals surface area contributed by atoms with Crippen LogP contribution in [-0.4, -0.2) is 25.8 Å². The molecule has 2 nitrogen and oxygen atoms in total. The molecule has 1 heterocycles. The summed E-state index contributed by atoms with van der Waals surface area (Å²) in [4.78, 5) is 0. The molecule has 1 aliphatic carbocycles. The van der Waals surface area contributed by atoms with E-state index in [1.165, 1.54) is 38.6 Å². The van der Waals surface area contributed by atoms with Gasteiger partial charge in [0.25, 0.3) is 0 Å². The van der Waals surface area contributed by atoms with Gasteiger partial charge in [-0.15, -0.1) is 0 Å². The van der Waals surface area contributed by atoms with Gasteiger partial charge in [-0.3, -0.25) is 0 Å². The van der Waals surface area contributed by atoms with Crippen LogP contribution in [0, 0.1) is 5.41 Å². The fraction of sp³-hybridized carbons (Fsp3) is 1.00. The van der Waals surface area contributed by atoms with Crippen molar-refractivity contribution in [3.8, 4) is 0 Å². The molecule has 0 spiro atoms. The molecule has 1 saturated heterocycles. The highest BCUT2D eigenvalue weighted by Gasteiger charge is 2.29. The summed E-state index contributed by atoms with van der Waals surface area (Å²) in [5, 5.41) is 3.64. The topological polar surface area (TPSA) is 21.3 Å². The van der Waals surface area contributed by atoms with Crippen LogP contribution in [0.25, 0.3) is 0 Å². The highest BCUT2D eigenvalue weighted by Crippen LogP contribution is 2.36. The minimum absolute atomic E-state index is 0.586. The molecule has 1 aliphatic heterocycles. The first-order valence-electron chi connectivity index (χ1n) is 5.60. The van der Waals surface area contributed by atoms with Gasteiger partial charge >= 0.3 is 0 Å². The lowest BCUT2D eigenvalue weighted by molar-refractivity contribution is 0.186. The molecular formula is C11H21NO. The zero-order valence-electron chi connectivity index (χ0n) is 8.64. The molecule has 2 heteroatoms. The second-order valence-corrected chi connectivity index (χ2v) is 4.96. The minimum Gasteiger partial charge on any atom is -0.380 e. The van der Waals surface area contributed by atoms with Crippen molar-refractivity contribution in [1.29, 1.82) is 0 Å². The van der Waals surface area contributed by atoms with E-state index in [0.717, 1.165) is 13.2 Å². The maximum atomic E-state index is 5.34. The first kappa shape index (κ1) is 9.47. The van der Waals surface area contributed by atoms with Crippen LogP contribution in [0.2, 0.25) is 0 Å². The molecule has 13 heavy (non-hydrogen) atoms. The predicted molar refractivity (Wildman–Crippen MR) is 53.8 cm³/mol. The largest absolute Gasteiger partial charge is 0.380 e. The fourth-order valence-corrected chi connectivity index (χ4v) is 2.49. The normalized spacial score (nSPS) is 32.5. The lowest BCUT2D eigenvalue weighted by Gasteiger charge is -2.25. The smallest absolute Gasteiger partial charge is 0.0620 e. The zero-order valence-corrected chi connectivity index (χ0v) is 8.64.